The smallest absolute Gasteiger partial charge is 0.310 e. The summed E-state index contributed by atoms with van der Waals surface area (Å²) in [7, 11) is 0. The molecular formula is C15H19NO2. The molecule has 2 aliphatic rings. The molecule has 1 aromatic rings. The summed E-state index contributed by atoms with van der Waals surface area (Å²) in [6.07, 6.45) is 5.55. The molecule has 3 heteroatoms. The van der Waals surface area contributed by atoms with E-state index in [-0.39, 0.29) is 5.92 Å². The second-order valence-corrected chi connectivity index (χ2v) is 5.36. The number of rotatable bonds is 2. The Balaban J connectivity index is 1.86. The summed E-state index contributed by atoms with van der Waals surface area (Å²) in [6.45, 7) is 2.28. The number of hydrogen-bond acceptors (Lipinski definition) is 2. The van der Waals surface area contributed by atoms with Crippen molar-refractivity contribution in [3.8, 4) is 0 Å². The Labute approximate surface area is 107 Å². The van der Waals surface area contributed by atoms with Crippen molar-refractivity contribution in [3.63, 3.8) is 0 Å². The van der Waals surface area contributed by atoms with Gasteiger partial charge in [0.15, 0.2) is 0 Å². The maximum absolute atomic E-state index is 11.1. The Morgan fingerprint density at radius 3 is 2.72 bits per heavy atom. The van der Waals surface area contributed by atoms with Crippen molar-refractivity contribution >= 4 is 11.7 Å². The van der Waals surface area contributed by atoms with E-state index in [2.05, 4.69) is 17.0 Å². The van der Waals surface area contributed by atoms with Gasteiger partial charge in [0.2, 0.25) is 0 Å². The van der Waals surface area contributed by atoms with Gasteiger partial charge >= 0.3 is 5.97 Å². The van der Waals surface area contributed by atoms with Crippen molar-refractivity contribution in [3.05, 3.63) is 29.3 Å². The fourth-order valence-corrected chi connectivity index (χ4v) is 3.21. The van der Waals surface area contributed by atoms with Crippen LogP contribution in [0.5, 0.6) is 0 Å². The summed E-state index contributed by atoms with van der Waals surface area (Å²) in [5.41, 5.74) is 3.55. The molecule has 1 aromatic carbocycles. The Morgan fingerprint density at radius 2 is 2.00 bits per heavy atom. The van der Waals surface area contributed by atoms with Gasteiger partial charge in [0, 0.05) is 18.8 Å². The molecule has 0 bridgehead atoms. The summed E-state index contributed by atoms with van der Waals surface area (Å²) in [6, 6.07) is 6.35. The standard InChI is InChI=1S/C15H19NO2/c17-15(18)14-6-4-11-10-12(5-7-13(11)14)16-8-2-1-3-9-16/h5,7,10,14H,1-4,6,8-9H2,(H,17,18). The number of aliphatic carboxylic acids is 1. The molecule has 1 N–H and O–H groups in total. The van der Waals surface area contributed by atoms with E-state index in [0.717, 1.165) is 31.5 Å². The zero-order valence-corrected chi connectivity index (χ0v) is 10.6. The molecule has 0 saturated carbocycles. The maximum atomic E-state index is 11.1. The molecule has 3 rings (SSSR count). The van der Waals surface area contributed by atoms with Crippen LogP contribution in [0, 0.1) is 0 Å². The van der Waals surface area contributed by atoms with Gasteiger partial charge in [-0.15, -0.1) is 0 Å². The number of anilines is 1. The molecule has 0 spiro atoms. The van der Waals surface area contributed by atoms with Gasteiger partial charge in [-0.05, 0) is 55.4 Å². The average molecular weight is 245 g/mol. The van der Waals surface area contributed by atoms with E-state index in [0.29, 0.717) is 0 Å². The number of nitrogens with zero attached hydrogens (tertiary/aromatic N) is 1. The minimum atomic E-state index is -0.681. The van der Waals surface area contributed by atoms with Crippen LogP contribution >= 0.6 is 0 Å². The molecule has 1 aliphatic carbocycles. The van der Waals surface area contributed by atoms with Crippen molar-refractivity contribution in [2.45, 2.75) is 38.0 Å². The monoisotopic (exact) mass is 245 g/mol. The van der Waals surface area contributed by atoms with Crippen molar-refractivity contribution < 1.29 is 9.90 Å². The Kier molecular flexibility index (Phi) is 2.98. The van der Waals surface area contributed by atoms with Crippen molar-refractivity contribution in [1.29, 1.82) is 0 Å². The Bertz CT molecular complexity index is 464. The predicted molar refractivity (Wildman–Crippen MR) is 71.2 cm³/mol. The molecule has 3 nitrogen and oxygen atoms in total. The number of hydrogen-bond donors (Lipinski definition) is 1. The van der Waals surface area contributed by atoms with Crippen LogP contribution in [0.25, 0.3) is 0 Å². The number of carboxylic acid groups (broad SMARTS) is 1. The molecule has 1 saturated heterocycles. The van der Waals surface area contributed by atoms with Gasteiger partial charge in [0.25, 0.3) is 0 Å². The van der Waals surface area contributed by atoms with Crippen LogP contribution in [-0.2, 0) is 11.2 Å². The van der Waals surface area contributed by atoms with E-state index < -0.39 is 5.97 Å². The highest BCUT2D eigenvalue weighted by molar-refractivity contribution is 5.78. The lowest BCUT2D eigenvalue weighted by Crippen LogP contribution is -2.29. The van der Waals surface area contributed by atoms with Gasteiger partial charge in [-0.1, -0.05) is 6.07 Å². The molecule has 1 fully saturated rings. The second-order valence-electron chi connectivity index (χ2n) is 5.36. The molecule has 1 atom stereocenters. The summed E-state index contributed by atoms with van der Waals surface area (Å²) < 4.78 is 0. The first-order chi connectivity index (χ1) is 8.75. The molecule has 1 unspecified atom stereocenters. The van der Waals surface area contributed by atoms with E-state index in [1.54, 1.807) is 0 Å². The average Bonchev–Trinajstić information content (AvgIpc) is 2.82. The fourth-order valence-electron chi connectivity index (χ4n) is 3.21. The number of piperidine rings is 1. The molecule has 1 heterocycles. The van der Waals surface area contributed by atoms with E-state index >= 15 is 0 Å². The molecule has 0 radical (unpaired) electrons. The molecule has 0 aromatic heterocycles. The van der Waals surface area contributed by atoms with Crippen LogP contribution in [-0.4, -0.2) is 24.2 Å². The van der Waals surface area contributed by atoms with Crippen LogP contribution in [0.4, 0.5) is 5.69 Å². The largest absolute Gasteiger partial charge is 0.481 e. The first-order valence-corrected chi connectivity index (χ1v) is 6.86. The summed E-state index contributed by atoms with van der Waals surface area (Å²) in [4.78, 5) is 13.6. The van der Waals surface area contributed by atoms with Gasteiger partial charge in [0.1, 0.15) is 0 Å². The SMILES string of the molecule is O=C(O)C1CCc2cc(N3CCCCC3)ccc21. The summed E-state index contributed by atoms with van der Waals surface area (Å²) >= 11 is 0. The van der Waals surface area contributed by atoms with E-state index in [1.165, 1.54) is 30.5 Å². The zero-order valence-electron chi connectivity index (χ0n) is 10.6. The summed E-state index contributed by atoms with van der Waals surface area (Å²) in [5, 5.41) is 9.17. The van der Waals surface area contributed by atoms with E-state index in [9.17, 15) is 4.79 Å². The first-order valence-electron chi connectivity index (χ1n) is 6.86. The summed E-state index contributed by atoms with van der Waals surface area (Å²) in [5.74, 6) is -0.963. The van der Waals surface area contributed by atoms with E-state index in [1.807, 2.05) is 6.07 Å². The van der Waals surface area contributed by atoms with Crippen LogP contribution < -0.4 is 4.90 Å². The van der Waals surface area contributed by atoms with Gasteiger partial charge < -0.3 is 10.0 Å². The minimum absolute atomic E-state index is 0.282. The fraction of sp³-hybridized carbons (Fsp3) is 0.533. The first kappa shape index (κ1) is 11.6. The minimum Gasteiger partial charge on any atom is -0.481 e. The Hall–Kier alpha value is -1.51. The molecule has 1 aliphatic heterocycles. The van der Waals surface area contributed by atoms with E-state index in [4.69, 9.17) is 5.11 Å². The third-order valence-corrected chi connectivity index (χ3v) is 4.22. The van der Waals surface area contributed by atoms with Crippen molar-refractivity contribution in [2.75, 3.05) is 18.0 Å². The second kappa shape index (κ2) is 4.63. The maximum Gasteiger partial charge on any atom is 0.310 e. The molecule has 18 heavy (non-hydrogen) atoms. The number of fused-ring (bicyclic) bond motifs is 1. The van der Waals surface area contributed by atoms with Gasteiger partial charge in [-0.2, -0.15) is 0 Å². The van der Waals surface area contributed by atoms with Crippen molar-refractivity contribution in [1.82, 2.24) is 0 Å². The molecule has 0 amide bonds. The number of carboxylic acids is 1. The highest BCUT2D eigenvalue weighted by Crippen LogP contribution is 2.36. The van der Waals surface area contributed by atoms with Crippen LogP contribution in [0.1, 0.15) is 42.7 Å². The predicted octanol–water partition coefficient (Wildman–Crippen LogP) is 2.79. The van der Waals surface area contributed by atoms with Crippen LogP contribution in [0.3, 0.4) is 0 Å². The lowest BCUT2D eigenvalue weighted by atomic mass is 10.0. The number of aryl methyl sites for hydroxylation is 1. The number of benzene rings is 1. The lowest BCUT2D eigenvalue weighted by molar-refractivity contribution is -0.138. The van der Waals surface area contributed by atoms with Crippen molar-refractivity contribution in [2.24, 2.45) is 0 Å². The third-order valence-electron chi connectivity index (χ3n) is 4.22. The quantitative estimate of drug-likeness (QED) is 0.871. The highest BCUT2D eigenvalue weighted by Gasteiger charge is 2.28. The number of carbonyl (C=O) groups is 1. The van der Waals surface area contributed by atoms with Gasteiger partial charge in [-0.3, -0.25) is 4.79 Å². The Morgan fingerprint density at radius 1 is 1.22 bits per heavy atom. The zero-order chi connectivity index (χ0) is 12.5. The highest BCUT2D eigenvalue weighted by atomic mass is 16.4. The van der Waals surface area contributed by atoms with Crippen LogP contribution in [0.2, 0.25) is 0 Å². The lowest BCUT2D eigenvalue weighted by Gasteiger charge is -2.29. The van der Waals surface area contributed by atoms with Gasteiger partial charge in [0.05, 0.1) is 5.92 Å². The van der Waals surface area contributed by atoms with Gasteiger partial charge in [-0.25, -0.2) is 0 Å². The third kappa shape index (κ3) is 1.98. The molecular weight excluding hydrogens is 226 g/mol. The normalized spacial score (nSPS) is 22.9. The molecule has 96 valence electrons. The van der Waals surface area contributed by atoms with Crippen LogP contribution in [0.15, 0.2) is 18.2 Å². The topological polar surface area (TPSA) is 40.5 Å².